The Hall–Kier alpha value is -1.22. The van der Waals surface area contributed by atoms with Crippen molar-refractivity contribution in [3.63, 3.8) is 0 Å². The summed E-state index contributed by atoms with van der Waals surface area (Å²) in [6.45, 7) is 4.84. The number of aliphatic imine (C=N–C) groups is 1. The number of para-hydroxylation sites is 1. The van der Waals surface area contributed by atoms with Crippen LogP contribution in [-0.2, 0) is 11.2 Å². The van der Waals surface area contributed by atoms with E-state index in [2.05, 4.69) is 15.6 Å². The summed E-state index contributed by atoms with van der Waals surface area (Å²) >= 11 is 0. The highest BCUT2D eigenvalue weighted by Gasteiger charge is 2.12. The maximum Gasteiger partial charge on any atom is 0.191 e. The van der Waals surface area contributed by atoms with Gasteiger partial charge in [0.1, 0.15) is 0 Å². The fourth-order valence-electron chi connectivity index (χ4n) is 3.38. The predicted molar refractivity (Wildman–Crippen MR) is 125 cm³/mol. The zero-order valence-electron chi connectivity index (χ0n) is 17.2. The van der Waals surface area contributed by atoms with Crippen LogP contribution < -0.4 is 15.4 Å². The Morgan fingerprint density at radius 1 is 1.18 bits per heavy atom. The van der Waals surface area contributed by atoms with Gasteiger partial charge < -0.3 is 25.2 Å². The summed E-state index contributed by atoms with van der Waals surface area (Å²) in [4.78, 5) is 4.59. The normalized spacial score (nSPS) is 15.4. The number of guanidine groups is 1. The molecule has 0 heterocycles. The van der Waals surface area contributed by atoms with Gasteiger partial charge in [0.05, 0.1) is 26.4 Å². The van der Waals surface area contributed by atoms with Gasteiger partial charge >= 0.3 is 0 Å². The van der Waals surface area contributed by atoms with Crippen molar-refractivity contribution in [1.29, 1.82) is 0 Å². The molecule has 7 heteroatoms. The number of aromatic hydroxyl groups is 1. The molecule has 1 fully saturated rings. The maximum atomic E-state index is 10.2. The predicted octanol–water partition coefficient (Wildman–Crippen LogP) is 3.86. The molecule has 28 heavy (non-hydrogen) atoms. The summed E-state index contributed by atoms with van der Waals surface area (Å²) in [5, 5.41) is 16.7. The van der Waals surface area contributed by atoms with Crippen LogP contribution in [-0.4, -0.2) is 50.5 Å². The van der Waals surface area contributed by atoms with Crippen molar-refractivity contribution in [3.8, 4) is 11.5 Å². The number of benzene rings is 1. The number of halogens is 1. The van der Waals surface area contributed by atoms with Crippen molar-refractivity contribution in [2.75, 3.05) is 33.4 Å². The van der Waals surface area contributed by atoms with Crippen LogP contribution in [0.2, 0.25) is 0 Å². The molecule has 1 aromatic rings. The molecule has 160 valence electrons. The van der Waals surface area contributed by atoms with Gasteiger partial charge in [-0.1, -0.05) is 37.8 Å². The topological polar surface area (TPSA) is 75.1 Å². The first-order chi connectivity index (χ1) is 13.2. The molecule has 1 aliphatic rings. The van der Waals surface area contributed by atoms with Crippen molar-refractivity contribution >= 4 is 29.9 Å². The minimum Gasteiger partial charge on any atom is -0.504 e. The van der Waals surface area contributed by atoms with E-state index in [-0.39, 0.29) is 29.7 Å². The largest absolute Gasteiger partial charge is 0.504 e. The summed E-state index contributed by atoms with van der Waals surface area (Å²) in [6, 6.07) is 5.55. The second-order valence-electron chi connectivity index (χ2n) is 6.89. The summed E-state index contributed by atoms with van der Waals surface area (Å²) < 4.78 is 11.2. The smallest absolute Gasteiger partial charge is 0.191 e. The molecule has 6 nitrogen and oxygen atoms in total. The Kier molecular flexibility index (Phi) is 13.1. The van der Waals surface area contributed by atoms with Crippen molar-refractivity contribution in [2.45, 2.75) is 58.0 Å². The standard InChI is InChI=1S/C21H35N3O3.HI/c1-3-22-21(24-15-16-27-18-10-6-4-5-7-11-18)23-14-13-17-9-8-12-19(26-2)20(17)25;/h8-9,12,18,25H,3-7,10-11,13-16H2,1-2H3,(H2,22,23,24);1H. The fourth-order valence-corrected chi connectivity index (χ4v) is 3.38. The highest BCUT2D eigenvalue weighted by Crippen LogP contribution is 2.29. The molecule has 3 N–H and O–H groups in total. The van der Waals surface area contributed by atoms with Gasteiger partial charge in [0.2, 0.25) is 0 Å². The molecule has 0 unspecified atom stereocenters. The number of phenolic OH excluding ortho intramolecular Hbond substituents is 1. The molecular formula is C21H36IN3O3. The van der Waals surface area contributed by atoms with Gasteiger partial charge in [0.15, 0.2) is 17.5 Å². The van der Waals surface area contributed by atoms with Crippen LogP contribution in [0.1, 0.15) is 51.0 Å². The number of hydrogen-bond donors (Lipinski definition) is 3. The third-order valence-corrected chi connectivity index (χ3v) is 4.85. The van der Waals surface area contributed by atoms with Gasteiger partial charge in [0.25, 0.3) is 0 Å². The maximum absolute atomic E-state index is 10.2. The van der Waals surface area contributed by atoms with Crippen LogP contribution in [0.5, 0.6) is 11.5 Å². The van der Waals surface area contributed by atoms with E-state index in [4.69, 9.17) is 9.47 Å². The Labute approximate surface area is 186 Å². The quantitative estimate of drug-likeness (QED) is 0.156. The lowest BCUT2D eigenvalue weighted by Gasteiger charge is -2.15. The fraction of sp³-hybridized carbons (Fsp3) is 0.667. The number of hydrogen-bond acceptors (Lipinski definition) is 4. The van der Waals surface area contributed by atoms with E-state index in [1.807, 2.05) is 19.1 Å². The molecule has 0 bridgehead atoms. The van der Waals surface area contributed by atoms with Crippen LogP contribution >= 0.6 is 24.0 Å². The van der Waals surface area contributed by atoms with Gasteiger partial charge in [-0.25, -0.2) is 0 Å². The van der Waals surface area contributed by atoms with Gasteiger partial charge in [-0.3, -0.25) is 4.99 Å². The Morgan fingerprint density at radius 2 is 1.93 bits per heavy atom. The van der Waals surface area contributed by atoms with Crippen molar-refractivity contribution in [2.24, 2.45) is 4.99 Å². The van der Waals surface area contributed by atoms with E-state index in [9.17, 15) is 5.11 Å². The zero-order chi connectivity index (χ0) is 19.3. The van der Waals surface area contributed by atoms with Gasteiger partial charge in [-0.2, -0.15) is 0 Å². The van der Waals surface area contributed by atoms with E-state index >= 15 is 0 Å². The third-order valence-electron chi connectivity index (χ3n) is 4.85. The van der Waals surface area contributed by atoms with Crippen molar-refractivity contribution in [3.05, 3.63) is 23.8 Å². The first-order valence-electron chi connectivity index (χ1n) is 10.2. The molecule has 0 spiro atoms. The van der Waals surface area contributed by atoms with Crippen molar-refractivity contribution < 1.29 is 14.6 Å². The molecule has 1 aliphatic carbocycles. The van der Waals surface area contributed by atoms with Crippen LogP contribution in [0.3, 0.4) is 0 Å². The lowest BCUT2D eigenvalue weighted by Crippen LogP contribution is -2.38. The van der Waals surface area contributed by atoms with Crippen LogP contribution in [0.4, 0.5) is 0 Å². The first-order valence-corrected chi connectivity index (χ1v) is 10.2. The van der Waals surface area contributed by atoms with Crippen LogP contribution in [0, 0.1) is 0 Å². The van der Waals surface area contributed by atoms with Gasteiger partial charge in [-0.15, -0.1) is 24.0 Å². The summed E-state index contributed by atoms with van der Waals surface area (Å²) in [6.07, 6.45) is 8.73. The molecule has 1 saturated carbocycles. The summed E-state index contributed by atoms with van der Waals surface area (Å²) in [7, 11) is 1.56. The highest BCUT2D eigenvalue weighted by molar-refractivity contribution is 14.0. The lowest BCUT2D eigenvalue weighted by molar-refractivity contribution is 0.0487. The Bertz CT molecular complexity index is 576. The molecule has 0 saturated heterocycles. The summed E-state index contributed by atoms with van der Waals surface area (Å²) in [5.41, 5.74) is 0.856. The first kappa shape index (κ1) is 24.8. The molecule has 0 radical (unpaired) electrons. The SMILES string of the molecule is CCNC(=NCCOC1CCCCCC1)NCCc1cccc(OC)c1O.I. The second kappa shape index (κ2) is 14.7. The van der Waals surface area contributed by atoms with Crippen molar-refractivity contribution in [1.82, 2.24) is 10.6 Å². The van der Waals surface area contributed by atoms with Gasteiger partial charge in [0, 0.05) is 13.1 Å². The molecular weight excluding hydrogens is 469 g/mol. The molecule has 0 aliphatic heterocycles. The number of nitrogens with one attached hydrogen (secondary N) is 2. The number of nitrogens with zero attached hydrogens (tertiary/aromatic N) is 1. The van der Waals surface area contributed by atoms with E-state index in [0.29, 0.717) is 38.0 Å². The second-order valence-corrected chi connectivity index (χ2v) is 6.89. The molecule has 2 rings (SSSR count). The van der Waals surface area contributed by atoms with Crippen LogP contribution in [0.15, 0.2) is 23.2 Å². The third kappa shape index (κ3) is 8.86. The Morgan fingerprint density at radius 3 is 2.61 bits per heavy atom. The molecule has 0 aromatic heterocycles. The van der Waals surface area contributed by atoms with Gasteiger partial charge in [-0.05, 0) is 37.8 Å². The number of rotatable bonds is 9. The Balaban J connectivity index is 0.00000392. The number of phenols is 1. The molecule has 0 atom stereocenters. The molecule has 0 amide bonds. The minimum absolute atomic E-state index is 0. The average Bonchev–Trinajstić information content (AvgIpc) is 2.95. The van der Waals surface area contributed by atoms with E-state index in [1.165, 1.54) is 38.5 Å². The monoisotopic (exact) mass is 505 g/mol. The van der Waals surface area contributed by atoms with E-state index in [1.54, 1.807) is 13.2 Å². The summed E-state index contributed by atoms with van der Waals surface area (Å²) in [5.74, 6) is 1.49. The highest BCUT2D eigenvalue weighted by atomic mass is 127. The van der Waals surface area contributed by atoms with E-state index in [0.717, 1.165) is 18.1 Å². The number of methoxy groups -OCH3 is 1. The molecule has 1 aromatic carbocycles. The zero-order valence-corrected chi connectivity index (χ0v) is 19.5. The number of ether oxygens (including phenoxy) is 2. The van der Waals surface area contributed by atoms with Crippen LogP contribution in [0.25, 0.3) is 0 Å². The lowest BCUT2D eigenvalue weighted by atomic mass is 10.1. The minimum atomic E-state index is 0. The average molecular weight is 505 g/mol. The van der Waals surface area contributed by atoms with E-state index < -0.39 is 0 Å².